The molecule has 0 saturated carbocycles. The highest BCUT2D eigenvalue weighted by Crippen LogP contribution is 2.27. The lowest BCUT2D eigenvalue weighted by atomic mass is 9.82. The molecule has 0 aliphatic carbocycles. The van der Waals surface area contributed by atoms with E-state index in [1.54, 1.807) is 6.92 Å². The minimum absolute atomic E-state index is 0.00611. The van der Waals surface area contributed by atoms with E-state index in [0.717, 1.165) is 0 Å². The molecule has 0 aromatic rings. The molecule has 0 spiro atoms. The van der Waals surface area contributed by atoms with E-state index in [9.17, 15) is 9.90 Å². The molecule has 0 radical (unpaired) electrons. The van der Waals surface area contributed by atoms with Crippen LogP contribution in [0, 0.1) is 17.8 Å². The maximum atomic E-state index is 11.2. The van der Waals surface area contributed by atoms with Gasteiger partial charge < -0.3 is 14.9 Å². The predicted molar refractivity (Wildman–Crippen MR) is 55.9 cm³/mol. The average molecular weight is 214 g/mol. The molecule has 0 aromatic carbocycles. The highest BCUT2D eigenvalue weighted by molar-refractivity contribution is 5.71. The molecular weight excluding hydrogens is 196 g/mol. The molecule has 4 nitrogen and oxygen atoms in total. The molecule has 0 rings (SSSR count). The predicted octanol–water partition coefficient (Wildman–Crippen LogP) is 0.324. The Kier molecular flexibility index (Phi) is 6.76. The maximum Gasteiger partial charge on any atom is 0.307 e. The van der Waals surface area contributed by atoms with Gasteiger partial charge in [-0.05, 0) is 19.8 Å². The Morgan fingerprint density at radius 2 is 2.20 bits per heavy atom. The smallest absolute Gasteiger partial charge is 0.307 e. The van der Waals surface area contributed by atoms with Gasteiger partial charge in [-0.25, -0.2) is 0 Å². The van der Waals surface area contributed by atoms with Gasteiger partial charge in [-0.3, -0.25) is 4.79 Å². The molecule has 0 aliphatic rings. The summed E-state index contributed by atoms with van der Waals surface area (Å²) < 4.78 is 4.77. The number of aliphatic hydroxyl groups excluding tert-OH is 2. The SMILES string of the molecule is C#C[C@](CO)(CCCO)CC(=O)OCC. The van der Waals surface area contributed by atoms with E-state index in [2.05, 4.69) is 5.92 Å². The van der Waals surface area contributed by atoms with E-state index in [4.69, 9.17) is 16.3 Å². The van der Waals surface area contributed by atoms with Gasteiger partial charge >= 0.3 is 5.97 Å². The molecular formula is C11H18O4. The largest absolute Gasteiger partial charge is 0.466 e. The summed E-state index contributed by atoms with van der Waals surface area (Å²) in [5, 5.41) is 17.9. The van der Waals surface area contributed by atoms with E-state index >= 15 is 0 Å². The fourth-order valence-corrected chi connectivity index (χ4v) is 1.30. The Hall–Kier alpha value is -1.05. The van der Waals surface area contributed by atoms with Crippen molar-refractivity contribution in [1.29, 1.82) is 0 Å². The van der Waals surface area contributed by atoms with Crippen LogP contribution in [0.2, 0.25) is 0 Å². The lowest BCUT2D eigenvalue weighted by molar-refractivity contribution is -0.145. The Morgan fingerprint density at radius 1 is 1.53 bits per heavy atom. The lowest BCUT2D eigenvalue weighted by Gasteiger charge is -2.24. The third-order valence-electron chi connectivity index (χ3n) is 2.21. The first-order valence-corrected chi connectivity index (χ1v) is 4.99. The highest BCUT2D eigenvalue weighted by Gasteiger charge is 2.30. The number of esters is 1. The van der Waals surface area contributed by atoms with Gasteiger partial charge in [0.05, 0.1) is 25.0 Å². The first-order valence-electron chi connectivity index (χ1n) is 4.99. The molecule has 15 heavy (non-hydrogen) atoms. The lowest BCUT2D eigenvalue weighted by Crippen LogP contribution is -2.28. The molecule has 0 aromatic heterocycles. The molecule has 1 atom stereocenters. The Labute approximate surface area is 90.3 Å². The molecule has 4 heteroatoms. The molecule has 0 bridgehead atoms. The molecule has 0 heterocycles. The molecule has 2 N–H and O–H groups in total. The first-order chi connectivity index (χ1) is 7.14. The van der Waals surface area contributed by atoms with Crippen LogP contribution in [-0.2, 0) is 9.53 Å². The molecule has 0 fully saturated rings. The summed E-state index contributed by atoms with van der Waals surface area (Å²) in [5.74, 6) is 2.01. The summed E-state index contributed by atoms with van der Waals surface area (Å²) in [7, 11) is 0. The highest BCUT2D eigenvalue weighted by atomic mass is 16.5. The first kappa shape index (κ1) is 13.9. The van der Waals surface area contributed by atoms with Crippen LogP contribution in [0.15, 0.2) is 0 Å². The van der Waals surface area contributed by atoms with Gasteiger partial charge in [-0.1, -0.05) is 5.92 Å². The average Bonchev–Trinajstić information content (AvgIpc) is 2.25. The monoisotopic (exact) mass is 214 g/mol. The number of rotatable bonds is 7. The third kappa shape index (κ3) is 4.82. The zero-order valence-corrected chi connectivity index (χ0v) is 9.03. The van der Waals surface area contributed by atoms with Gasteiger partial charge in [0, 0.05) is 6.61 Å². The minimum atomic E-state index is -0.894. The number of terminal acetylenes is 1. The van der Waals surface area contributed by atoms with Crippen LogP contribution in [-0.4, -0.2) is 36.0 Å². The van der Waals surface area contributed by atoms with Crippen molar-refractivity contribution in [2.45, 2.75) is 26.2 Å². The van der Waals surface area contributed by atoms with E-state index in [-0.39, 0.29) is 19.6 Å². The Morgan fingerprint density at radius 3 is 2.60 bits per heavy atom. The fourth-order valence-electron chi connectivity index (χ4n) is 1.30. The van der Waals surface area contributed by atoms with Crippen LogP contribution >= 0.6 is 0 Å². The van der Waals surface area contributed by atoms with Crippen molar-refractivity contribution in [1.82, 2.24) is 0 Å². The number of aliphatic hydroxyl groups is 2. The van der Waals surface area contributed by atoms with E-state index < -0.39 is 11.4 Å². The third-order valence-corrected chi connectivity index (χ3v) is 2.21. The second kappa shape index (κ2) is 7.27. The van der Waals surface area contributed by atoms with Crippen LogP contribution in [0.25, 0.3) is 0 Å². The molecule has 0 aliphatic heterocycles. The number of ether oxygens (including phenoxy) is 1. The topological polar surface area (TPSA) is 66.8 Å². The van der Waals surface area contributed by atoms with Crippen LogP contribution < -0.4 is 0 Å². The number of hydrogen-bond acceptors (Lipinski definition) is 4. The normalized spacial score (nSPS) is 14.0. The van der Waals surface area contributed by atoms with Crippen LogP contribution in [0.5, 0.6) is 0 Å². The van der Waals surface area contributed by atoms with Gasteiger partial charge in [0.15, 0.2) is 0 Å². The summed E-state index contributed by atoms with van der Waals surface area (Å²) in [5.41, 5.74) is -0.894. The quantitative estimate of drug-likeness (QED) is 0.473. The van der Waals surface area contributed by atoms with E-state index in [1.165, 1.54) is 0 Å². The number of carbonyl (C=O) groups excluding carboxylic acids is 1. The Balaban J connectivity index is 4.37. The number of hydrogen-bond donors (Lipinski definition) is 2. The summed E-state index contributed by atoms with van der Waals surface area (Å²) in [6.45, 7) is 1.72. The molecule has 86 valence electrons. The van der Waals surface area contributed by atoms with Crippen LogP contribution in [0.1, 0.15) is 26.2 Å². The minimum Gasteiger partial charge on any atom is -0.466 e. The van der Waals surface area contributed by atoms with Gasteiger partial charge in [-0.15, -0.1) is 6.42 Å². The van der Waals surface area contributed by atoms with Crippen molar-refractivity contribution in [3.8, 4) is 12.3 Å². The second-order valence-corrected chi connectivity index (χ2v) is 3.39. The van der Waals surface area contributed by atoms with Gasteiger partial charge in [0.1, 0.15) is 0 Å². The molecule has 0 unspecified atom stereocenters. The summed E-state index contributed by atoms with van der Waals surface area (Å²) >= 11 is 0. The zero-order chi connectivity index (χ0) is 11.7. The summed E-state index contributed by atoms with van der Waals surface area (Å²) in [6.07, 6.45) is 6.17. The standard InChI is InChI=1S/C11H18O4/c1-3-11(9-13,6-5-7-12)8-10(14)15-4-2/h1,12-13H,4-9H2,2H3/t11-/m0/s1. The second-order valence-electron chi connectivity index (χ2n) is 3.39. The van der Waals surface area contributed by atoms with Gasteiger partial charge in [0.2, 0.25) is 0 Å². The maximum absolute atomic E-state index is 11.2. The van der Waals surface area contributed by atoms with Crippen LogP contribution in [0.4, 0.5) is 0 Å². The summed E-state index contributed by atoms with van der Waals surface area (Å²) in [6, 6.07) is 0. The summed E-state index contributed by atoms with van der Waals surface area (Å²) in [4.78, 5) is 11.2. The molecule has 0 amide bonds. The van der Waals surface area contributed by atoms with Crippen molar-refractivity contribution in [3.63, 3.8) is 0 Å². The van der Waals surface area contributed by atoms with Crippen molar-refractivity contribution in [2.24, 2.45) is 5.41 Å². The Bertz CT molecular complexity index is 231. The van der Waals surface area contributed by atoms with Crippen LogP contribution in [0.3, 0.4) is 0 Å². The van der Waals surface area contributed by atoms with Crippen molar-refractivity contribution in [3.05, 3.63) is 0 Å². The van der Waals surface area contributed by atoms with E-state index in [1.807, 2.05) is 0 Å². The zero-order valence-electron chi connectivity index (χ0n) is 9.03. The van der Waals surface area contributed by atoms with Crippen molar-refractivity contribution in [2.75, 3.05) is 19.8 Å². The van der Waals surface area contributed by atoms with Crippen molar-refractivity contribution >= 4 is 5.97 Å². The van der Waals surface area contributed by atoms with Gasteiger partial charge in [-0.2, -0.15) is 0 Å². The fraction of sp³-hybridized carbons (Fsp3) is 0.727. The molecule has 0 saturated heterocycles. The van der Waals surface area contributed by atoms with Crippen molar-refractivity contribution < 1.29 is 19.7 Å². The number of carbonyl (C=O) groups is 1. The van der Waals surface area contributed by atoms with Gasteiger partial charge in [0.25, 0.3) is 0 Å². The van der Waals surface area contributed by atoms with E-state index in [0.29, 0.717) is 19.4 Å².